The molecular weight excluding hydrogens is 266 g/mol. The molecule has 2 unspecified atom stereocenters. The third kappa shape index (κ3) is 2.64. The molecule has 1 amide bonds. The van der Waals surface area contributed by atoms with Gasteiger partial charge in [-0.15, -0.1) is 0 Å². The fourth-order valence-corrected chi connectivity index (χ4v) is 3.71. The van der Waals surface area contributed by atoms with Crippen LogP contribution in [0.2, 0.25) is 0 Å². The largest absolute Gasteiger partial charge is 0.493 e. The predicted molar refractivity (Wildman–Crippen MR) is 80.6 cm³/mol. The van der Waals surface area contributed by atoms with E-state index in [2.05, 4.69) is 4.90 Å². The SMILES string of the molecule is CCOc1ccccc1C(=O)N1C2CCC1CC(OC)C2. The average molecular weight is 289 g/mol. The van der Waals surface area contributed by atoms with E-state index in [-0.39, 0.29) is 5.91 Å². The Kier molecular flexibility index (Phi) is 4.15. The van der Waals surface area contributed by atoms with Crippen LogP contribution in [0.1, 0.15) is 43.0 Å². The van der Waals surface area contributed by atoms with Gasteiger partial charge >= 0.3 is 0 Å². The van der Waals surface area contributed by atoms with E-state index in [1.54, 1.807) is 7.11 Å². The maximum atomic E-state index is 13.0. The van der Waals surface area contributed by atoms with Crippen molar-refractivity contribution >= 4 is 5.91 Å². The fourth-order valence-electron chi connectivity index (χ4n) is 3.71. The minimum absolute atomic E-state index is 0.112. The normalized spacial score (nSPS) is 27.7. The number of methoxy groups -OCH3 is 1. The van der Waals surface area contributed by atoms with Gasteiger partial charge in [0.2, 0.25) is 0 Å². The summed E-state index contributed by atoms with van der Waals surface area (Å²) in [5, 5.41) is 0. The standard InChI is InChI=1S/C17H23NO3/c1-3-21-16-7-5-4-6-15(16)17(19)18-12-8-9-13(18)11-14(10-12)20-2/h4-7,12-14H,3,8-11H2,1-2H3. The van der Waals surface area contributed by atoms with Crippen LogP contribution in [0.4, 0.5) is 0 Å². The molecule has 21 heavy (non-hydrogen) atoms. The van der Waals surface area contributed by atoms with Crippen LogP contribution in [0.15, 0.2) is 24.3 Å². The molecule has 1 aromatic carbocycles. The zero-order valence-electron chi connectivity index (χ0n) is 12.7. The molecule has 2 fully saturated rings. The molecule has 2 atom stereocenters. The fraction of sp³-hybridized carbons (Fsp3) is 0.588. The first-order valence-electron chi connectivity index (χ1n) is 7.81. The number of carbonyl (C=O) groups excluding carboxylic acids is 1. The number of hydrogen-bond donors (Lipinski definition) is 0. The summed E-state index contributed by atoms with van der Waals surface area (Å²) < 4.78 is 11.1. The van der Waals surface area contributed by atoms with Crippen molar-refractivity contribution in [3.63, 3.8) is 0 Å². The molecule has 0 aliphatic carbocycles. The van der Waals surface area contributed by atoms with E-state index in [9.17, 15) is 4.79 Å². The van der Waals surface area contributed by atoms with Crippen LogP contribution in [0.25, 0.3) is 0 Å². The first-order chi connectivity index (χ1) is 10.2. The highest BCUT2D eigenvalue weighted by Gasteiger charge is 2.43. The van der Waals surface area contributed by atoms with Crippen molar-refractivity contribution in [3.05, 3.63) is 29.8 Å². The van der Waals surface area contributed by atoms with E-state index in [4.69, 9.17) is 9.47 Å². The lowest BCUT2D eigenvalue weighted by Gasteiger charge is -2.38. The number of para-hydroxylation sites is 1. The third-order valence-corrected chi connectivity index (χ3v) is 4.67. The summed E-state index contributed by atoms with van der Waals surface area (Å²) >= 11 is 0. The topological polar surface area (TPSA) is 38.8 Å². The molecule has 0 N–H and O–H groups in total. The molecule has 0 saturated carbocycles. The van der Waals surface area contributed by atoms with Crippen molar-refractivity contribution in [3.8, 4) is 5.75 Å². The summed E-state index contributed by atoms with van der Waals surface area (Å²) in [6.45, 7) is 2.51. The molecule has 4 heteroatoms. The zero-order valence-corrected chi connectivity index (χ0v) is 12.7. The minimum atomic E-state index is 0.112. The van der Waals surface area contributed by atoms with Gasteiger partial charge in [-0.1, -0.05) is 12.1 Å². The Labute approximate surface area is 126 Å². The summed E-state index contributed by atoms with van der Waals surface area (Å²) in [6, 6.07) is 8.19. The number of hydrogen-bond acceptors (Lipinski definition) is 3. The van der Waals surface area contributed by atoms with E-state index in [1.165, 1.54) is 0 Å². The van der Waals surface area contributed by atoms with Gasteiger partial charge in [-0.25, -0.2) is 0 Å². The minimum Gasteiger partial charge on any atom is -0.493 e. The number of amides is 1. The van der Waals surface area contributed by atoms with Gasteiger partial charge in [0, 0.05) is 19.2 Å². The smallest absolute Gasteiger partial charge is 0.258 e. The molecule has 0 spiro atoms. The van der Waals surface area contributed by atoms with Crippen molar-refractivity contribution in [2.24, 2.45) is 0 Å². The van der Waals surface area contributed by atoms with Crippen molar-refractivity contribution in [1.82, 2.24) is 4.90 Å². The summed E-state index contributed by atoms with van der Waals surface area (Å²) in [5.74, 6) is 0.805. The van der Waals surface area contributed by atoms with Crippen molar-refractivity contribution < 1.29 is 14.3 Å². The van der Waals surface area contributed by atoms with Crippen LogP contribution in [-0.4, -0.2) is 42.7 Å². The Bertz CT molecular complexity index is 503. The van der Waals surface area contributed by atoms with Gasteiger partial charge in [-0.05, 0) is 44.7 Å². The van der Waals surface area contributed by atoms with Crippen LogP contribution >= 0.6 is 0 Å². The van der Waals surface area contributed by atoms with Gasteiger partial charge in [-0.2, -0.15) is 0 Å². The maximum Gasteiger partial charge on any atom is 0.258 e. The molecule has 2 aliphatic rings. The first kappa shape index (κ1) is 14.4. The number of piperidine rings is 1. The molecule has 4 nitrogen and oxygen atoms in total. The Morgan fingerprint density at radius 2 is 1.90 bits per heavy atom. The molecule has 2 saturated heterocycles. The van der Waals surface area contributed by atoms with Crippen molar-refractivity contribution in [2.75, 3.05) is 13.7 Å². The number of rotatable bonds is 4. The monoisotopic (exact) mass is 289 g/mol. The predicted octanol–water partition coefficient (Wildman–Crippen LogP) is 2.87. The molecule has 1 aromatic rings. The van der Waals surface area contributed by atoms with Crippen LogP contribution in [0, 0.1) is 0 Å². The van der Waals surface area contributed by atoms with Gasteiger partial charge < -0.3 is 14.4 Å². The van der Waals surface area contributed by atoms with E-state index in [0.717, 1.165) is 25.7 Å². The summed E-state index contributed by atoms with van der Waals surface area (Å²) in [6.07, 6.45) is 4.39. The van der Waals surface area contributed by atoms with E-state index in [1.807, 2.05) is 31.2 Å². The van der Waals surface area contributed by atoms with Crippen LogP contribution < -0.4 is 4.74 Å². The zero-order chi connectivity index (χ0) is 14.8. The van der Waals surface area contributed by atoms with E-state index >= 15 is 0 Å². The number of ether oxygens (including phenoxy) is 2. The molecule has 2 bridgehead atoms. The average Bonchev–Trinajstić information content (AvgIpc) is 2.77. The van der Waals surface area contributed by atoms with E-state index in [0.29, 0.717) is 36.1 Å². The van der Waals surface area contributed by atoms with Gasteiger partial charge in [0.25, 0.3) is 5.91 Å². The Morgan fingerprint density at radius 3 is 2.52 bits per heavy atom. The summed E-state index contributed by atoms with van der Waals surface area (Å²) in [7, 11) is 1.77. The highest BCUT2D eigenvalue weighted by Crippen LogP contribution is 2.38. The Hall–Kier alpha value is -1.55. The molecule has 0 aromatic heterocycles. The highest BCUT2D eigenvalue weighted by atomic mass is 16.5. The lowest BCUT2D eigenvalue weighted by molar-refractivity contribution is 0.00808. The van der Waals surface area contributed by atoms with Crippen LogP contribution in [-0.2, 0) is 4.74 Å². The second-order valence-corrected chi connectivity index (χ2v) is 5.86. The Morgan fingerprint density at radius 1 is 1.24 bits per heavy atom. The lowest BCUT2D eigenvalue weighted by Crippen LogP contribution is -2.48. The maximum absolute atomic E-state index is 13.0. The first-order valence-corrected chi connectivity index (χ1v) is 7.81. The molecular formula is C17H23NO3. The Balaban J connectivity index is 1.83. The van der Waals surface area contributed by atoms with Gasteiger partial charge in [0.1, 0.15) is 5.75 Å². The number of benzene rings is 1. The quantitative estimate of drug-likeness (QED) is 0.855. The van der Waals surface area contributed by atoms with Crippen molar-refractivity contribution in [1.29, 1.82) is 0 Å². The lowest BCUT2D eigenvalue weighted by atomic mass is 9.98. The number of fused-ring (bicyclic) bond motifs is 2. The highest BCUT2D eigenvalue weighted by molar-refractivity contribution is 5.97. The molecule has 114 valence electrons. The van der Waals surface area contributed by atoms with E-state index < -0.39 is 0 Å². The summed E-state index contributed by atoms with van der Waals surface area (Å²) in [5.41, 5.74) is 0.687. The molecule has 3 rings (SSSR count). The molecule has 0 radical (unpaired) electrons. The number of nitrogens with zero attached hydrogens (tertiary/aromatic N) is 1. The second-order valence-electron chi connectivity index (χ2n) is 5.86. The van der Waals surface area contributed by atoms with Gasteiger partial charge in [-0.3, -0.25) is 4.79 Å². The van der Waals surface area contributed by atoms with Crippen molar-refractivity contribution in [2.45, 2.75) is 50.8 Å². The summed E-state index contributed by atoms with van der Waals surface area (Å²) in [4.78, 5) is 15.0. The second kappa shape index (κ2) is 6.06. The third-order valence-electron chi connectivity index (χ3n) is 4.67. The van der Waals surface area contributed by atoms with Gasteiger partial charge in [0.05, 0.1) is 18.3 Å². The van der Waals surface area contributed by atoms with Gasteiger partial charge in [0.15, 0.2) is 0 Å². The molecule has 2 heterocycles. The molecule has 2 aliphatic heterocycles. The van der Waals surface area contributed by atoms with Crippen LogP contribution in [0.3, 0.4) is 0 Å². The number of carbonyl (C=O) groups is 1. The van der Waals surface area contributed by atoms with Crippen LogP contribution in [0.5, 0.6) is 5.75 Å².